The Labute approximate surface area is 167 Å². The van der Waals surface area contributed by atoms with Gasteiger partial charge in [-0.05, 0) is 60.7 Å². The molecule has 0 saturated carbocycles. The SMILES string of the molecule is C=C(C)C(=O)OCc1cc2cc(-c3ccc(OC(=O)C(=C)C)cc3)ccc2s1. The summed E-state index contributed by atoms with van der Waals surface area (Å²) in [6.07, 6.45) is 0. The molecular weight excluding hydrogens is 372 g/mol. The minimum absolute atomic E-state index is 0.239. The maximum atomic E-state index is 11.6. The van der Waals surface area contributed by atoms with E-state index in [1.165, 1.54) is 0 Å². The van der Waals surface area contributed by atoms with Crippen LogP contribution in [0, 0.1) is 0 Å². The predicted molar refractivity (Wildman–Crippen MR) is 112 cm³/mol. The number of esters is 2. The Hall–Kier alpha value is -3.18. The van der Waals surface area contributed by atoms with Gasteiger partial charge in [0.15, 0.2) is 0 Å². The van der Waals surface area contributed by atoms with Gasteiger partial charge in [-0.1, -0.05) is 31.4 Å². The number of carbonyl (C=O) groups is 2. The average Bonchev–Trinajstić information content (AvgIpc) is 3.08. The molecule has 0 amide bonds. The molecule has 0 radical (unpaired) electrons. The Kier molecular flexibility index (Phi) is 5.76. The number of hydrogen-bond acceptors (Lipinski definition) is 5. The Bertz CT molecular complexity index is 1070. The van der Waals surface area contributed by atoms with Gasteiger partial charge in [-0.2, -0.15) is 0 Å². The topological polar surface area (TPSA) is 52.6 Å². The first-order valence-electron chi connectivity index (χ1n) is 8.66. The van der Waals surface area contributed by atoms with Crippen LogP contribution in [0.15, 0.2) is 72.8 Å². The van der Waals surface area contributed by atoms with Gasteiger partial charge in [0.25, 0.3) is 0 Å². The Morgan fingerprint density at radius 1 is 0.893 bits per heavy atom. The molecule has 2 aromatic carbocycles. The molecule has 0 aliphatic carbocycles. The van der Waals surface area contributed by atoms with E-state index in [1.807, 2.05) is 24.3 Å². The van der Waals surface area contributed by atoms with Crippen LogP contribution >= 0.6 is 11.3 Å². The number of hydrogen-bond donors (Lipinski definition) is 0. The molecule has 0 N–H and O–H groups in total. The third-order valence-corrected chi connectivity index (χ3v) is 5.10. The largest absolute Gasteiger partial charge is 0.457 e. The van der Waals surface area contributed by atoms with Crippen molar-refractivity contribution in [1.82, 2.24) is 0 Å². The molecule has 0 atom stereocenters. The highest BCUT2D eigenvalue weighted by molar-refractivity contribution is 7.19. The van der Waals surface area contributed by atoms with Crippen LogP contribution in [0.3, 0.4) is 0 Å². The minimum atomic E-state index is -0.438. The van der Waals surface area contributed by atoms with Crippen molar-refractivity contribution in [2.24, 2.45) is 0 Å². The number of thiophene rings is 1. The lowest BCUT2D eigenvalue weighted by Crippen LogP contribution is -2.07. The van der Waals surface area contributed by atoms with E-state index in [9.17, 15) is 9.59 Å². The van der Waals surface area contributed by atoms with Crippen molar-refractivity contribution in [3.63, 3.8) is 0 Å². The fourth-order valence-electron chi connectivity index (χ4n) is 2.52. The van der Waals surface area contributed by atoms with Crippen LogP contribution in [0.2, 0.25) is 0 Å². The van der Waals surface area contributed by atoms with Crippen LogP contribution in [-0.2, 0) is 20.9 Å². The van der Waals surface area contributed by atoms with Gasteiger partial charge in [0, 0.05) is 20.7 Å². The Balaban J connectivity index is 1.76. The molecule has 0 bridgehead atoms. The average molecular weight is 392 g/mol. The van der Waals surface area contributed by atoms with Crippen LogP contribution in [0.4, 0.5) is 0 Å². The quantitative estimate of drug-likeness (QED) is 0.308. The van der Waals surface area contributed by atoms with Crippen molar-refractivity contribution >= 4 is 33.4 Å². The fraction of sp³-hybridized carbons (Fsp3) is 0.130. The third-order valence-electron chi connectivity index (χ3n) is 4.01. The molecule has 0 saturated heterocycles. The van der Waals surface area contributed by atoms with Gasteiger partial charge in [-0.15, -0.1) is 11.3 Å². The van der Waals surface area contributed by atoms with E-state index in [0.717, 1.165) is 26.1 Å². The van der Waals surface area contributed by atoms with Gasteiger partial charge in [-0.3, -0.25) is 0 Å². The summed E-state index contributed by atoms with van der Waals surface area (Å²) in [6, 6.07) is 15.5. The van der Waals surface area contributed by atoms with Gasteiger partial charge in [0.2, 0.25) is 0 Å². The van der Waals surface area contributed by atoms with Crippen LogP contribution in [-0.4, -0.2) is 11.9 Å². The van der Waals surface area contributed by atoms with E-state index in [4.69, 9.17) is 9.47 Å². The smallest absolute Gasteiger partial charge is 0.338 e. The molecule has 0 spiro atoms. The van der Waals surface area contributed by atoms with Crippen LogP contribution in [0.5, 0.6) is 5.75 Å². The van der Waals surface area contributed by atoms with Crippen LogP contribution in [0.25, 0.3) is 21.2 Å². The number of rotatable bonds is 6. The van der Waals surface area contributed by atoms with E-state index in [-0.39, 0.29) is 12.6 Å². The maximum absolute atomic E-state index is 11.6. The van der Waals surface area contributed by atoms with Crippen molar-refractivity contribution in [2.45, 2.75) is 20.5 Å². The van der Waals surface area contributed by atoms with Gasteiger partial charge >= 0.3 is 11.9 Å². The molecule has 0 aliphatic heterocycles. The van der Waals surface area contributed by atoms with Crippen molar-refractivity contribution in [2.75, 3.05) is 0 Å². The molecule has 3 rings (SSSR count). The highest BCUT2D eigenvalue weighted by atomic mass is 32.1. The molecule has 142 valence electrons. The summed E-state index contributed by atoms with van der Waals surface area (Å²) in [5.41, 5.74) is 2.81. The van der Waals surface area contributed by atoms with Crippen molar-refractivity contribution < 1.29 is 19.1 Å². The lowest BCUT2D eigenvalue weighted by atomic mass is 10.0. The molecular formula is C23H20O4S. The maximum Gasteiger partial charge on any atom is 0.338 e. The zero-order valence-electron chi connectivity index (χ0n) is 15.8. The number of carbonyl (C=O) groups excluding carboxylic acids is 2. The third kappa shape index (κ3) is 4.56. The second kappa shape index (κ2) is 8.23. The van der Waals surface area contributed by atoms with E-state index < -0.39 is 5.97 Å². The number of ether oxygens (including phenoxy) is 2. The summed E-state index contributed by atoms with van der Waals surface area (Å²) in [6.45, 7) is 10.6. The molecule has 3 aromatic rings. The summed E-state index contributed by atoms with van der Waals surface area (Å²) < 4.78 is 11.6. The predicted octanol–water partition coefficient (Wildman–Crippen LogP) is 5.67. The van der Waals surface area contributed by atoms with Gasteiger partial charge < -0.3 is 9.47 Å². The molecule has 0 unspecified atom stereocenters. The normalized spacial score (nSPS) is 10.5. The minimum Gasteiger partial charge on any atom is -0.457 e. The standard InChI is InChI=1S/C23H20O4S/c1-14(2)22(24)26-13-20-12-18-11-17(7-10-21(18)28-20)16-5-8-19(9-6-16)27-23(25)15(3)4/h5-12H,1,3,13H2,2,4H3. The fourth-order valence-corrected chi connectivity index (χ4v) is 3.48. The summed E-state index contributed by atoms with van der Waals surface area (Å²) in [7, 11) is 0. The molecule has 5 heteroatoms. The van der Waals surface area contributed by atoms with Gasteiger partial charge in [0.05, 0.1) is 0 Å². The zero-order valence-corrected chi connectivity index (χ0v) is 16.6. The first-order chi connectivity index (χ1) is 13.3. The summed E-state index contributed by atoms with van der Waals surface area (Å²) >= 11 is 1.59. The first-order valence-corrected chi connectivity index (χ1v) is 9.48. The van der Waals surface area contributed by atoms with Crippen molar-refractivity contribution in [3.8, 4) is 16.9 Å². The summed E-state index contributed by atoms with van der Waals surface area (Å²) in [4.78, 5) is 24.1. The molecule has 28 heavy (non-hydrogen) atoms. The lowest BCUT2D eigenvalue weighted by molar-refractivity contribution is -0.140. The second-order valence-electron chi connectivity index (χ2n) is 6.52. The van der Waals surface area contributed by atoms with Gasteiger partial charge in [-0.25, -0.2) is 9.59 Å². The van der Waals surface area contributed by atoms with Crippen LogP contribution < -0.4 is 4.74 Å². The molecule has 0 aliphatic rings. The lowest BCUT2D eigenvalue weighted by Gasteiger charge is -2.06. The molecule has 0 fully saturated rings. The van der Waals surface area contributed by atoms with Crippen LogP contribution in [0.1, 0.15) is 18.7 Å². The van der Waals surface area contributed by atoms with Crippen molar-refractivity contribution in [1.29, 1.82) is 0 Å². The van der Waals surface area contributed by atoms with E-state index in [1.54, 1.807) is 37.3 Å². The highest BCUT2D eigenvalue weighted by Crippen LogP contribution is 2.31. The monoisotopic (exact) mass is 392 g/mol. The second-order valence-corrected chi connectivity index (χ2v) is 7.68. The first kappa shape index (κ1) is 19.6. The molecule has 1 heterocycles. The summed E-state index contributed by atoms with van der Waals surface area (Å²) in [5, 5.41) is 1.08. The van der Waals surface area contributed by atoms with E-state index in [0.29, 0.717) is 16.9 Å². The Morgan fingerprint density at radius 3 is 2.18 bits per heavy atom. The molecule has 4 nitrogen and oxygen atoms in total. The Morgan fingerprint density at radius 2 is 1.54 bits per heavy atom. The van der Waals surface area contributed by atoms with E-state index >= 15 is 0 Å². The number of fused-ring (bicyclic) bond motifs is 1. The van der Waals surface area contributed by atoms with Crippen molar-refractivity contribution in [3.05, 3.63) is 77.7 Å². The summed E-state index contributed by atoms with van der Waals surface area (Å²) in [5.74, 6) is -0.340. The highest BCUT2D eigenvalue weighted by Gasteiger charge is 2.09. The molecule has 1 aromatic heterocycles. The van der Waals surface area contributed by atoms with Gasteiger partial charge in [0.1, 0.15) is 12.4 Å². The van der Waals surface area contributed by atoms with E-state index in [2.05, 4.69) is 25.3 Å². The zero-order chi connectivity index (χ0) is 20.3. The number of benzene rings is 2.